The molecule has 1 heterocycles. The van der Waals surface area contributed by atoms with Crippen LogP contribution in [0.5, 0.6) is 0 Å². The Morgan fingerprint density at radius 2 is 2.00 bits per heavy atom. The number of rotatable bonds is 1. The van der Waals surface area contributed by atoms with Crippen molar-refractivity contribution in [2.24, 2.45) is 0 Å². The first-order valence-corrected chi connectivity index (χ1v) is 4.22. The van der Waals surface area contributed by atoms with Crippen LogP contribution in [0.4, 0.5) is 0 Å². The van der Waals surface area contributed by atoms with Gasteiger partial charge in [-0.15, -0.1) is 0 Å². The molecule has 6 nitrogen and oxygen atoms in total. The smallest absolute Gasteiger partial charge is 0.425 e. The molecule has 78 valence electrons. The van der Waals surface area contributed by atoms with E-state index in [1.54, 1.807) is 0 Å². The topological polar surface area (TPSA) is 81.7 Å². The van der Waals surface area contributed by atoms with Gasteiger partial charge in [0, 0.05) is 0 Å². The van der Waals surface area contributed by atoms with Gasteiger partial charge in [-0.25, -0.2) is 14.4 Å². The predicted molar refractivity (Wildman–Crippen MR) is 44.1 cm³/mol. The van der Waals surface area contributed by atoms with Crippen molar-refractivity contribution in [2.75, 3.05) is 13.7 Å². The fraction of sp³-hybridized carbons (Fsp3) is 0.625. The van der Waals surface area contributed by atoms with Crippen LogP contribution in [0.25, 0.3) is 0 Å². The minimum Gasteiger partial charge on any atom is -0.461 e. The molecule has 1 rings (SSSR count). The number of esters is 3. The lowest BCUT2D eigenvalue weighted by Crippen LogP contribution is -2.35. The Labute approximate surface area is 80.5 Å². The average molecular weight is 201 g/mol. The minimum absolute atomic E-state index is 0.483. The monoisotopic (exact) mass is 201 g/mol. The summed E-state index contributed by atoms with van der Waals surface area (Å²) in [6.45, 7) is 0.714. The Morgan fingerprint density at radius 3 is 2.50 bits per heavy atom. The van der Waals surface area contributed by atoms with E-state index in [0.717, 1.165) is 13.5 Å². The van der Waals surface area contributed by atoms with Crippen LogP contribution in [-0.2, 0) is 23.9 Å². The van der Waals surface area contributed by atoms with Crippen LogP contribution in [0.1, 0.15) is 12.8 Å². The highest BCUT2D eigenvalue weighted by Gasteiger charge is 2.28. The Hall–Kier alpha value is -1.43. The van der Waals surface area contributed by atoms with Crippen molar-refractivity contribution in [3.63, 3.8) is 0 Å². The van der Waals surface area contributed by atoms with E-state index in [1.807, 2.05) is 0 Å². The van der Waals surface area contributed by atoms with Crippen molar-refractivity contribution < 1.29 is 23.9 Å². The largest absolute Gasteiger partial charge is 0.461 e. The summed E-state index contributed by atoms with van der Waals surface area (Å²) >= 11 is 0. The molecule has 1 saturated heterocycles. The second-order valence-electron chi connectivity index (χ2n) is 2.85. The summed E-state index contributed by atoms with van der Waals surface area (Å²) in [5, 5.41) is 2.84. The van der Waals surface area contributed by atoms with Crippen molar-refractivity contribution in [2.45, 2.75) is 18.9 Å². The second-order valence-corrected chi connectivity index (χ2v) is 2.85. The first kappa shape index (κ1) is 10.6. The minimum atomic E-state index is -1.27. The molecule has 0 amide bonds. The number of hydrogen-bond donors (Lipinski definition) is 1. The molecule has 1 N–H and O–H groups in total. The number of hydrogen-bond acceptors (Lipinski definition) is 6. The van der Waals surface area contributed by atoms with E-state index in [-0.39, 0.29) is 0 Å². The highest BCUT2D eigenvalue weighted by molar-refractivity contribution is 6.31. The zero-order valence-corrected chi connectivity index (χ0v) is 7.74. The van der Waals surface area contributed by atoms with E-state index in [0.29, 0.717) is 13.0 Å². The molecule has 0 radical (unpaired) electrons. The van der Waals surface area contributed by atoms with Gasteiger partial charge < -0.3 is 14.8 Å². The van der Waals surface area contributed by atoms with E-state index in [4.69, 9.17) is 0 Å². The molecule has 6 heteroatoms. The molecule has 14 heavy (non-hydrogen) atoms. The fourth-order valence-corrected chi connectivity index (χ4v) is 1.17. The SMILES string of the molecule is COC(=O)C(=O)OC(=O)C1CCCN1. The van der Waals surface area contributed by atoms with Gasteiger partial charge in [0.2, 0.25) is 0 Å². The zero-order chi connectivity index (χ0) is 10.6. The highest BCUT2D eigenvalue weighted by atomic mass is 16.6. The maximum absolute atomic E-state index is 11.2. The molecular weight excluding hydrogens is 190 g/mol. The van der Waals surface area contributed by atoms with Crippen LogP contribution in [-0.4, -0.2) is 37.6 Å². The van der Waals surface area contributed by atoms with E-state index in [1.165, 1.54) is 0 Å². The van der Waals surface area contributed by atoms with Crippen LogP contribution < -0.4 is 5.32 Å². The average Bonchev–Trinajstić information content (AvgIpc) is 2.69. The predicted octanol–water partition coefficient (Wildman–Crippen LogP) is -1.02. The van der Waals surface area contributed by atoms with Crippen LogP contribution in [0.15, 0.2) is 0 Å². The molecule has 0 aromatic carbocycles. The Kier molecular flexibility index (Phi) is 3.58. The molecule has 1 atom stereocenters. The lowest BCUT2D eigenvalue weighted by Gasteiger charge is -2.07. The molecule has 1 aliphatic heterocycles. The number of ether oxygens (including phenoxy) is 2. The van der Waals surface area contributed by atoms with E-state index < -0.39 is 23.9 Å². The Morgan fingerprint density at radius 1 is 1.29 bits per heavy atom. The van der Waals surface area contributed by atoms with Crippen LogP contribution >= 0.6 is 0 Å². The van der Waals surface area contributed by atoms with Crippen LogP contribution in [0.3, 0.4) is 0 Å². The summed E-state index contributed by atoms with van der Waals surface area (Å²) in [4.78, 5) is 32.6. The molecule has 0 aromatic rings. The van der Waals surface area contributed by atoms with E-state index >= 15 is 0 Å². The fourth-order valence-electron chi connectivity index (χ4n) is 1.17. The Bertz CT molecular complexity index is 256. The molecule has 1 unspecified atom stereocenters. The summed E-state index contributed by atoms with van der Waals surface area (Å²) in [5.74, 6) is -3.17. The molecule has 0 saturated carbocycles. The third-order valence-electron chi connectivity index (χ3n) is 1.89. The molecule has 1 aliphatic rings. The normalized spacial score (nSPS) is 20.2. The Balaban J connectivity index is 2.39. The third kappa shape index (κ3) is 2.53. The van der Waals surface area contributed by atoms with Gasteiger partial charge in [-0.3, -0.25) is 0 Å². The summed E-state index contributed by atoms with van der Waals surface area (Å²) in [6, 6.07) is -0.483. The number of carbonyl (C=O) groups excluding carboxylic acids is 3. The van der Waals surface area contributed by atoms with Crippen LogP contribution in [0, 0.1) is 0 Å². The van der Waals surface area contributed by atoms with Gasteiger partial charge >= 0.3 is 17.9 Å². The van der Waals surface area contributed by atoms with Crippen molar-refractivity contribution in [3.05, 3.63) is 0 Å². The number of nitrogens with one attached hydrogen (secondary N) is 1. The lowest BCUT2D eigenvalue weighted by atomic mass is 10.2. The van der Waals surface area contributed by atoms with Crippen molar-refractivity contribution in [1.82, 2.24) is 5.32 Å². The van der Waals surface area contributed by atoms with Crippen molar-refractivity contribution in [3.8, 4) is 0 Å². The first-order chi connectivity index (χ1) is 6.65. The second kappa shape index (κ2) is 4.71. The van der Waals surface area contributed by atoms with Gasteiger partial charge in [0.1, 0.15) is 6.04 Å². The van der Waals surface area contributed by atoms with Gasteiger partial charge in [0.15, 0.2) is 0 Å². The first-order valence-electron chi connectivity index (χ1n) is 4.22. The molecule has 0 aromatic heterocycles. The third-order valence-corrected chi connectivity index (χ3v) is 1.89. The summed E-state index contributed by atoms with van der Waals surface area (Å²) in [6.07, 6.45) is 1.47. The van der Waals surface area contributed by atoms with Gasteiger partial charge in [0.25, 0.3) is 0 Å². The van der Waals surface area contributed by atoms with E-state index in [2.05, 4.69) is 14.8 Å². The molecule has 0 spiro atoms. The van der Waals surface area contributed by atoms with Crippen molar-refractivity contribution in [1.29, 1.82) is 0 Å². The molecule has 0 aliphatic carbocycles. The van der Waals surface area contributed by atoms with Gasteiger partial charge in [-0.05, 0) is 19.4 Å². The summed E-state index contributed by atoms with van der Waals surface area (Å²) in [7, 11) is 1.04. The van der Waals surface area contributed by atoms with E-state index in [9.17, 15) is 14.4 Å². The molecule has 1 fully saturated rings. The van der Waals surface area contributed by atoms with Gasteiger partial charge in [0.05, 0.1) is 7.11 Å². The summed E-state index contributed by atoms with van der Waals surface area (Å²) < 4.78 is 8.36. The maximum atomic E-state index is 11.2. The quantitative estimate of drug-likeness (QED) is 0.332. The molecule has 0 bridgehead atoms. The van der Waals surface area contributed by atoms with Gasteiger partial charge in [-0.2, -0.15) is 0 Å². The standard InChI is InChI=1S/C8H11NO5/c1-13-7(11)8(12)14-6(10)5-3-2-4-9-5/h5,9H,2-4H2,1H3. The maximum Gasteiger partial charge on any atom is 0.425 e. The highest BCUT2D eigenvalue weighted by Crippen LogP contribution is 2.06. The van der Waals surface area contributed by atoms with Gasteiger partial charge in [-0.1, -0.05) is 0 Å². The van der Waals surface area contributed by atoms with Crippen LogP contribution in [0.2, 0.25) is 0 Å². The summed E-state index contributed by atoms with van der Waals surface area (Å²) in [5.41, 5.74) is 0. The number of methoxy groups -OCH3 is 1. The zero-order valence-electron chi connectivity index (χ0n) is 7.74. The lowest BCUT2D eigenvalue weighted by molar-refractivity contribution is -0.172. The van der Waals surface area contributed by atoms with Crippen molar-refractivity contribution >= 4 is 17.9 Å². The number of carbonyl (C=O) groups is 3. The molecular formula is C8H11NO5.